The highest BCUT2D eigenvalue weighted by Gasteiger charge is 2.33. The van der Waals surface area contributed by atoms with Gasteiger partial charge >= 0.3 is 0 Å². The first-order valence-electron chi connectivity index (χ1n) is 7.59. The topological polar surface area (TPSA) is 64.2 Å². The van der Waals surface area contributed by atoms with Crippen LogP contribution in [0, 0.1) is 0 Å². The Kier molecular flexibility index (Phi) is 3.42. The van der Waals surface area contributed by atoms with E-state index in [4.69, 9.17) is 4.42 Å². The number of amides is 1. The van der Waals surface area contributed by atoms with Crippen molar-refractivity contribution in [3.63, 3.8) is 0 Å². The van der Waals surface area contributed by atoms with Crippen LogP contribution in [0.1, 0.15) is 29.0 Å². The number of nitrogens with zero attached hydrogens (tertiary/aromatic N) is 4. The lowest BCUT2D eigenvalue weighted by atomic mass is 10.2. The van der Waals surface area contributed by atoms with Gasteiger partial charge < -0.3 is 9.32 Å². The molecule has 1 aliphatic rings. The number of aromatic nitrogens is 3. The molecule has 1 fully saturated rings. The first-order valence-corrected chi connectivity index (χ1v) is 7.59. The van der Waals surface area contributed by atoms with Gasteiger partial charge in [-0.25, -0.2) is 9.97 Å². The second-order valence-electron chi connectivity index (χ2n) is 5.62. The average molecular weight is 308 g/mol. The molecule has 4 rings (SSSR count). The Bertz CT molecular complexity index is 792. The fourth-order valence-electron chi connectivity index (χ4n) is 2.58. The first-order chi connectivity index (χ1) is 11.3. The summed E-state index contributed by atoms with van der Waals surface area (Å²) in [6.45, 7) is 0.499. The summed E-state index contributed by atoms with van der Waals surface area (Å²) in [5, 5.41) is 0. The summed E-state index contributed by atoms with van der Waals surface area (Å²) in [6, 6.07) is 7.58. The highest BCUT2D eigenvalue weighted by Crippen LogP contribution is 2.30. The molecule has 0 saturated heterocycles. The maximum absolute atomic E-state index is 12.9. The van der Waals surface area contributed by atoms with Crippen LogP contribution in [0.2, 0.25) is 0 Å². The Hall–Kier alpha value is -2.89. The van der Waals surface area contributed by atoms with Crippen LogP contribution in [0.25, 0.3) is 5.82 Å². The van der Waals surface area contributed by atoms with E-state index in [0.717, 1.165) is 18.6 Å². The van der Waals surface area contributed by atoms with Crippen LogP contribution >= 0.6 is 0 Å². The van der Waals surface area contributed by atoms with Gasteiger partial charge in [0.15, 0.2) is 0 Å². The van der Waals surface area contributed by atoms with Gasteiger partial charge in [-0.3, -0.25) is 9.36 Å². The van der Waals surface area contributed by atoms with Gasteiger partial charge in [0.05, 0.1) is 12.8 Å². The molecule has 0 aliphatic heterocycles. The molecule has 23 heavy (non-hydrogen) atoms. The van der Waals surface area contributed by atoms with E-state index >= 15 is 0 Å². The molecule has 1 saturated carbocycles. The van der Waals surface area contributed by atoms with E-state index in [1.165, 1.54) is 0 Å². The molecule has 0 N–H and O–H groups in total. The van der Waals surface area contributed by atoms with Gasteiger partial charge in [0.1, 0.15) is 17.9 Å². The SMILES string of the molecule is O=C(c1ccnc(-n2ccnc2)c1)N(Cc1ccco1)C1CC1. The zero-order chi connectivity index (χ0) is 15.6. The highest BCUT2D eigenvalue weighted by atomic mass is 16.3. The van der Waals surface area contributed by atoms with Crippen LogP contribution in [0.15, 0.2) is 59.9 Å². The van der Waals surface area contributed by atoms with E-state index in [2.05, 4.69) is 9.97 Å². The minimum atomic E-state index is 0.00710. The fourth-order valence-corrected chi connectivity index (χ4v) is 2.58. The molecule has 0 aromatic carbocycles. The van der Waals surface area contributed by atoms with Gasteiger partial charge in [-0.1, -0.05) is 0 Å². The van der Waals surface area contributed by atoms with E-state index in [1.807, 2.05) is 17.0 Å². The number of hydrogen-bond donors (Lipinski definition) is 0. The second kappa shape index (κ2) is 5.72. The van der Waals surface area contributed by atoms with Crippen molar-refractivity contribution in [2.45, 2.75) is 25.4 Å². The van der Waals surface area contributed by atoms with Crippen LogP contribution in [-0.2, 0) is 6.54 Å². The minimum Gasteiger partial charge on any atom is -0.467 e. The van der Waals surface area contributed by atoms with Gasteiger partial charge in [0, 0.05) is 30.2 Å². The average Bonchev–Trinajstić information content (AvgIpc) is 3.05. The van der Waals surface area contributed by atoms with E-state index in [9.17, 15) is 4.79 Å². The van der Waals surface area contributed by atoms with Gasteiger partial charge in [-0.05, 0) is 37.1 Å². The Morgan fingerprint density at radius 2 is 2.26 bits per heavy atom. The summed E-state index contributed by atoms with van der Waals surface area (Å²) in [5.41, 5.74) is 0.627. The van der Waals surface area contributed by atoms with E-state index in [0.29, 0.717) is 24.0 Å². The first kappa shape index (κ1) is 13.8. The molecular formula is C17H16N4O2. The molecular weight excluding hydrogens is 292 g/mol. The summed E-state index contributed by atoms with van der Waals surface area (Å²) in [4.78, 5) is 23.1. The number of pyridine rings is 1. The summed E-state index contributed by atoms with van der Waals surface area (Å²) >= 11 is 0. The normalized spacial score (nSPS) is 13.9. The molecule has 0 atom stereocenters. The predicted molar refractivity (Wildman–Crippen MR) is 83.0 cm³/mol. The molecule has 0 bridgehead atoms. The van der Waals surface area contributed by atoms with Gasteiger partial charge in [0.25, 0.3) is 5.91 Å². The van der Waals surface area contributed by atoms with E-state index in [-0.39, 0.29) is 5.91 Å². The molecule has 3 aromatic heterocycles. The molecule has 0 unspecified atom stereocenters. The lowest BCUT2D eigenvalue weighted by Crippen LogP contribution is -2.32. The number of hydrogen-bond acceptors (Lipinski definition) is 4. The molecule has 0 radical (unpaired) electrons. The lowest BCUT2D eigenvalue weighted by Gasteiger charge is -2.21. The smallest absolute Gasteiger partial charge is 0.254 e. The van der Waals surface area contributed by atoms with Crippen LogP contribution in [0.3, 0.4) is 0 Å². The van der Waals surface area contributed by atoms with Crippen molar-refractivity contribution in [3.8, 4) is 5.82 Å². The van der Waals surface area contributed by atoms with Crippen molar-refractivity contribution in [1.82, 2.24) is 19.4 Å². The third kappa shape index (κ3) is 2.88. The summed E-state index contributed by atoms with van der Waals surface area (Å²) in [6.07, 6.45) is 10.5. The minimum absolute atomic E-state index is 0.00710. The Morgan fingerprint density at radius 3 is 2.96 bits per heavy atom. The fraction of sp³-hybridized carbons (Fsp3) is 0.235. The van der Waals surface area contributed by atoms with Crippen LogP contribution in [0.4, 0.5) is 0 Å². The number of carbonyl (C=O) groups excluding carboxylic acids is 1. The quantitative estimate of drug-likeness (QED) is 0.727. The van der Waals surface area contributed by atoms with Gasteiger partial charge in [0.2, 0.25) is 0 Å². The maximum Gasteiger partial charge on any atom is 0.254 e. The third-order valence-corrected chi connectivity index (χ3v) is 3.92. The Morgan fingerprint density at radius 1 is 1.35 bits per heavy atom. The molecule has 3 aromatic rings. The molecule has 6 nitrogen and oxygen atoms in total. The molecule has 1 amide bonds. The summed E-state index contributed by atoms with van der Waals surface area (Å²) in [7, 11) is 0. The number of furan rings is 1. The highest BCUT2D eigenvalue weighted by molar-refractivity contribution is 5.94. The summed E-state index contributed by atoms with van der Waals surface area (Å²) < 4.78 is 7.17. The molecule has 1 aliphatic carbocycles. The van der Waals surface area contributed by atoms with Crippen LogP contribution in [-0.4, -0.2) is 31.4 Å². The zero-order valence-electron chi connectivity index (χ0n) is 12.5. The third-order valence-electron chi connectivity index (χ3n) is 3.92. The van der Waals surface area contributed by atoms with Crippen molar-refractivity contribution in [1.29, 1.82) is 0 Å². The standard InChI is InChI=1S/C17H16N4O2/c22-17(21(14-3-4-14)11-15-2-1-9-23-15)13-5-6-19-16(10-13)20-8-7-18-12-20/h1-2,5-10,12,14H,3-4,11H2. The van der Waals surface area contributed by atoms with Crippen LogP contribution in [0.5, 0.6) is 0 Å². The predicted octanol–water partition coefficient (Wildman–Crippen LogP) is 2.67. The number of imidazole rings is 1. The molecule has 6 heteroatoms. The second-order valence-corrected chi connectivity index (χ2v) is 5.62. The number of rotatable bonds is 5. The summed E-state index contributed by atoms with van der Waals surface area (Å²) in [5.74, 6) is 1.49. The lowest BCUT2D eigenvalue weighted by molar-refractivity contribution is 0.0717. The van der Waals surface area contributed by atoms with E-state index in [1.54, 1.807) is 47.9 Å². The molecule has 0 spiro atoms. The van der Waals surface area contributed by atoms with Crippen molar-refractivity contribution in [2.75, 3.05) is 0 Å². The number of carbonyl (C=O) groups is 1. The van der Waals surface area contributed by atoms with Crippen molar-refractivity contribution in [2.24, 2.45) is 0 Å². The largest absolute Gasteiger partial charge is 0.467 e. The van der Waals surface area contributed by atoms with Gasteiger partial charge in [-0.15, -0.1) is 0 Å². The molecule has 116 valence electrons. The zero-order valence-corrected chi connectivity index (χ0v) is 12.5. The Balaban J connectivity index is 1.60. The van der Waals surface area contributed by atoms with Crippen molar-refractivity contribution >= 4 is 5.91 Å². The monoisotopic (exact) mass is 308 g/mol. The molecule has 3 heterocycles. The maximum atomic E-state index is 12.9. The van der Waals surface area contributed by atoms with E-state index < -0.39 is 0 Å². The van der Waals surface area contributed by atoms with Crippen molar-refractivity contribution < 1.29 is 9.21 Å². The van der Waals surface area contributed by atoms with Crippen LogP contribution < -0.4 is 0 Å². The Labute approximate surface area is 133 Å². The van der Waals surface area contributed by atoms with Gasteiger partial charge in [-0.2, -0.15) is 0 Å². The van der Waals surface area contributed by atoms with Crippen molar-refractivity contribution in [3.05, 3.63) is 66.8 Å².